The van der Waals surface area contributed by atoms with Crippen molar-refractivity contribution >= 4 is 0 Å². The van der Waals surface area contributed by atoms with Gasteiger partial charge in [-0.25, -0.2) is 0 Å². The Labute approximate surface area is 148 Å². The van der Waals surface area contributed by atoms with E-state index in [2.05, 4.69) is 5.32 Å². The highest BCUT2D eigenvalue weighted by molar-refractivity contribution is 5.47. The van der Waals surface area contributed by atoms with Crippen LogP contribution in [-0.4, -0.2) is 20.5 Å². The number of ether oxygens (including phenoxy) is 4. The normalized spacial score (nSPS) is 11.8. The summed E-state index contributed by atoms with van der Waals surface area (Å²) in [4.78, 5) is 0. The predicted molar refractivity (Wildman–Crippen MR) is 87.3 cm³/mol. The molecule has 0 amide bonds. The van der Waals surface area contributed by atoms with Gasteiger partial charge in [0.05, 0.1) is 13.7 Å². The van der Waals surface area contributed by atoms with E-state index in [9.17, 15) is 0 Å². The number of rotatable bonds is 7. The lowest BCUT2D eigenvalue weighted by atomic mass is 10.1. The molecular weight excluding hydrogens is 330 g/mol. The maximum atomic E-state index is 5.72. The van der Waals surface area contributed by atoms with Crippen LogP contribution in [0.4, 0.5) is 0 Å². The van der Waals surface area contributed by atoms with Crippen LogP contribution in [0, 0.1) is 0 Å². The molecule has 0 radical (unpaired) electrons. The fraction of sp³-hybridized carbons (Fsp3) is 0.333. The molecule has 6 heteroatoms. The molecule has 0 saturated carbocycles. The summed E-state index contributed by atoms with van der Waals surface area (Å²) < 4.78 is 21.8. The topological polar surface area (TPSA) is 49.0 Å². The first kappa shape index (κ1) is 18.2. The molecule has 0 saturated heterocycles. The second-order valence-electron chi connectivity index (χ2n) is 5.17. The molecule has 0 fully saturated rings. The second-order valence-corrected chi connectivity index (χ2v) is 5.17. The highest BCUT2D eigenvalue weighted by atomic mass is 35.5. The van der Waals surface area contributed by atoms with Crippen molar-refractivity contribution in [3.63, 3.8) is 0 Å². The van der Waals surface area contributed by atoms with E-state index >= 15 is 0 Å². The first-order valence-corrected chi connectivity index (χ1v) is 7.69. The minimum absolute atomic E-state index is 0. The first-order chi connectivity index (χ1) is 11.3. The van der Waals surface area contributed by atoms with Crippen molar-refractivity contribution in [2.45, 2.75) is 20.0 Å². The summed E-state index contributed by atoms with van der Waals surface area (Å²) in [6.07, 6.45) is 0. The average Bonchev–Trinajstić information content (AvgIpc) is 3.04. The molecule has 130 valence electrons. The van der Waals surface area contributed by atoms with Crippen molar-refractivity contribution in [3.8, 4) is 23.0 Å². The van der Waals surface area contributed by atoms with Crippen molar-refractivity contribution in [1.29, 1.82) is 0 Å². The van der Waals surface area contributed by atoms with Crippen molar-refractivity contribution < 1.29 is 31.4 Å². The van der Waals surface area contributed by atoms with Crippen molar-refractivity contribution in [1.82, 2.24) is 5.32 Å². The van der Waals surface area contributed by atoms with E-state index in [0.29, 0.717) is 19.9 Å². The number of para-hydroxylation sites is 1. The number of hydrogen-bond donors (Lipinski definition) is 1. The van der Waals surface area contributed by atoms with Gasteiger partial charge in [-0.05, 0) is 30.7 Å². The monoisotopic (exact) mass is 350 g/mol. The van der Waals surface area contributed by atoms with E-state index in [1.54, 1.807) is 7.11 Å². The van der Waals surface area contributed by atoms with E-state index in [0.717, 1.165) is 40.7 Å². The van der Waals surface area contributed by atoms with Gasteiger partial charge in [0.25, 0.3) is 0 Å². The van der Waals surface area contributed by atoms with Crippen LogP contribution in [0.15, 0.2) is 36.4 Å². The molecule has 1 heterocycles. The van der Waals surface area contributed by atoms with Gasteiger partial charge in [0.1, 0.15) is 0 Å². The molecule has 2 aromatic carbocycles. The summed E-state index contributed by atoms with van der Waals surface area (Å²) in [6, 6.07) is 11.9. The Bertz CT molecular complexity index is 678. The Morgan fingerprint density at radius 2 is 1.92 bits per heavy atom. The lowest BCUT2D eigenvalue weighted by Crippen LogP contribution is -3.00. The van der Waals surface area contributed by atoms with E-state index in [-0.39, 0.29) is 12.4 Å². The van der Waals surface area contributed by atoms with Crippen LogP contribution in [0.5, 0.6) is 23.0 Å². The third kappa shape index (κ3) is 4.04. The molecule has 0 unspecified atom stereocenters. The Morgan fingerprint density at radius 3 is 2.71 bits per heavy atom. The van der Waals surface area contributed by atoms with E-state index in [1.807, 2.05) is 43.3 Å². The fourth-order valence-corrected chi connectivity index (χ4v) is 2.56. The molecule has 2 aromatic rings. The lowest BCUT2D eigenvalue weighted by molar-refractivity contribution is -0.00000697. The van der Waals surface area contributed by atoms with E-state index in [4.69, 9.17) is 18.9 Å². The fourth-order valence-electron chi connectivity index (χ4n) is 2.56. The molecule has 0 aromatic heterocycles. The van der Waals surface area contributed by atoms with Gasteiger partial charge >= 0.3 is 0 Å². The zero-order valence-corrected chi connectivity index (χ0v) is 14.6. The molecule has 0 bridgehead atoms. The number of methoxy groups -OCH3 is 1. The highest BCUT2D eigenvalue weighted by Crippen LogP contribution is 2.33. The molecule has 24 heavy (non-hydrogen) atoms. The summed E-state index contributed by atoms with van der Waals surface area (Å²) in [7, 11) is 1.65. The van der Waals surface area contributed by atoms with Gasteiger partial charge in [-0.3, -0.25) is 0 Å². The number of halogens is 1. The summed E-state index contributed by atoms with van der Waals surface area (Å²) in [5.41, 5.74) is 2.22. The van der Waals surface area contributed by atoms with Gasteiger partial charge in [-0.2, -0.15) is 0 Å². The van der Waals surface area contributed by atoms with E-state index in [1.165, 1.54) is 0 Å². The standard InChI is InChI=1S/C18H21NO4.ClH/c1-3-21-18-14(5-4-6-16(18)20-2)11-19-10-13-7-8-15-17(9-13)23-12-22-15;/h4-9,19H,3,10-12H2,1-2H3;1H/p-1. The second kappa shape index (κ2) is 8.66. The largest absolute Gasteiger partial charge is 1.00 e. The summed E-state index contributed by atoms with van der Waals surface area (Å²) >= 11 is 0. The van der Waals surface area contributed by atoms with Crippen LogP contribution in [0.25, 0.3) is 0 Å². The number of fused-ring (bicyclic) bond motifs is 1. The molecule has 0 atom stereocenters. The molecule has 3 rings (SSSR count). The van der Waals surface area contributed by atoms with Gasteiger partial charge < -0.3 is 36.7 Å². The Hall–Kier alpha value is -2.11. The molecule has 0 spiro atoms. The van der Waals surface area contributed by atoms with Crippen LogP contribution in [0.1, 0.15) is 18.1 Å². The first-order valence-electron chi connectivity index (χ1n) is 7.69. The average molecular weight is 351 g/mol. The van der Waals surface area contributed by atoms with Gasteiger partial charge in [0.2, 0.25) is 6.79 Å². The van der Waals surface area contributed by atoms with Gasteiger partial charge in [-0.1, -0.05) is 18.2 Å². The van der Waals surface area contributed by atoms with Crippen LogP contribution in [0.3, 0.4) is 0 Å². The summed E-state index contributed by atoms with van der Waals surface area (Å²) in [6.45, 7) is 4.31. The maximum Gasteiger partial charge on any atom is 0.231 e. The zero-order valence-electron chi connectivity index (χ0n) is 13.8. The minimum atomic E-state index is 0. The summed E-state index contributed by atoms with van der Waals surface area (Å²) in [5, 5.41) is 3.43. The minimum Gasteiger partial charge on any atom is -1.00 e. The smallest absolute Gasteiger partial charge is 0.231 e. The molecule has 0 aliphatic carbocycles. The lowest BCUT2D eigenvalue weighted by Gasteiger charge is -2.14. The van der Waals surface area contributed by atoms with Crippen LogP contribution >= 0.6 is 0 Å². The molecule has 1 aliphatic rings. The molecule has 5 nitrogen and oxygen atoms in total. The molecular formula is C18H21ClNO4-. The number of nitrogens with one attached hydrogen (secondary N) is 1. The maximum absolute atomic E-state index is 5.72. The quantitative estimate of drug-likeness (QED) is 0.768. The predicted octanol–water partition coefficient (Wildman–Crippen LogP) is 0.116. The van der Waals surface area contributed by atoms with Gasteiger partial charge in [0.15, 0.2) is 23.0 Å². The Morgan fingerprint density at radius 1 is 1.08 bits per heavy atom. The van der Waals surface area contributed by atoms with Crippen molar-refractivity contribution in [2.75, 3.05) is 20.5 Å². The summed E-state index contributed by atoms with van der Waals surface area (Å²) in [5.74, 6) is 3.17. The van der Waals surface area contributed by atoms with E-state index < -0.39 is 0 Å². The van der Waals surface area contributed by atoms with Gasteiger partial charge in [-0.15, -0.1) is 0 Å². The van der Waals surface area contributed by atoms with Crippen molar-refractivity contribution in [3.05, 3.63) is 47.5 Å². The Balaban J connectivity index is 0.00000208. The zero-order chi connectivity index (χ0) is 16.1. The molecule has 1 N–H and O–H groups in total. The van der Waals surface area contributed by atoms with Crippen LogP contribution in [-0.2, 0) is 13.1 Å². The SMILES string of the molecule is CCOc1c(CNCc2ccc3c(c2)OCO3)cccc1OC.[Cl-]. The third-order valence-corrected chi connectivity index (χ3v) is 3.65. The van der Waals surface area contributed by atoms with Gasteiger partial charge in [0, 0.05) is 18.7 Å². The van der Waals surface area contributed by atoms with Crippen LogP contribution < -0.4 is 36.7 Å². The van der Waals surface area contributed by atoms with Crippen LogP contribution in [0.2, 0.25) is 0 Å². The van der Waals surface area contributed by atoms with Crippen molar-refractivity contribution in [2.24, 2.45) is 0 Å². The highest BCUT2D eigenvalue weighted by Gasteiger charge is 2.13. The Kier molecular flexibility index (Phi) is 6.58. The number of benzene rings is 2. The third-order valence-electron chi connectivity index (χ3n) is 3.65. The number of hydrogen-bond acceptors (Lipinski definition) is 5. The molecule has 1 aliphatic heterocycles.